The summed E-state index contributed by atoms with van der Waals surface area (Å²) in [4.78, 5) is 15.4. The van der Waals surface area contributed by atoms with Crippen LogP contribution < -0.4 is 5.73 Å². The maximum Gasteiger partial charge on any atom is 0.327 e. The highest BCUT2D eigenvalue weighted by molar-refractivity contribution is 5.69. The molecule has 0 aliphatic carbocycles. The Balaban J connectivity index is 1.63. The first kappa shape index (κ1) is 12.2. The summed E-state index contributed by atoms with van der Waals surface area (Å²) in [6.45, 7) is 1.25. The van der Waals surface area contributed by atoms with Gasteiger partial charge < -0.3 is 15.0 Å². The van der Waals surface area contributed by atoms with Crippen LogP contribution in [0.1, 0.15) is 6.42 Å². The number of ether oxygens (including phenoxy) is 1. The normalized spacial score (nSPS) is 10.4. The number of carbonyl (C=O) groups is 1. The summed E-state index contributed by atoms with van der Waals surface area (Å²) in [7, 11) is 0. The van der Waals surface area contributed by atoms with Gasteiger partial charge in [0.2, 0.25) is 0 Å². The van der Waals surface area contributed by atoms with Crippen LogP contribution in [0.15, 0.2) is 31.0 Å². The molecule has 0 fully saturated rings. The van der Waals surface area contributed by atoms with Crippen molar-refractivity contribution in [2.45, 2.75) is 19.5 Å². The number of nitrogen functional groups attached to an aromatic ring is 1. The van der Waals surface area contributed by atoms with Crippen LogP contribution in [0.25, 0.3) is 0 Å². The van der Waals surface area contributed by atoms with Crippen molar-refractivity contribution in [2.24, 2.45) is 0 Å². The third-order valence-electron chi connectivity index (χ3n) is 2.34. The first-order valence-electron chi connectivity index (χ1n) is 5.64. The fraction of sp³-hybridized carbons (Fsp3) is 0.364. The van der Waals surface area contributed by atoms with Crippen LogP contribution in [-0.2, 0) is 22.6 Å². The maximum absolute atomic E-state index is 11.4. The lowest BCUT2D eigenvalue weighted by Crippen LogP contribution is -2.15. The van der Waals surface area contributed by atoms with Crippen molar-refractivity contribution in [3.8, 4) is 0 Å². The van der Waals surface area contributed by atoms with E-state index in [1.165, 1.54) is 4.68 Å². The van der Waals surface area contributed by atoms with Crippen molar-refractivity contribution in [1.82, 2.24) is 19.3 Å². The molecular weight excluding hydrogens is 234 g/mol. The van der Waals surface area contributed by atoms with E-state index in [2.05, 4.69) is 10.1 Å². The monoisotopic (exact) mass is 249 g/mol. The molecule has 0 aromatic carbocycles. The lowest BCUT2D eigenvalue weighted by molar-refractivity contribution is -0.144. The van der Waals surface area contributed by atoms with Gasteiger partial charge in [0.05, 0.1) is 12.9 Å². The number of carbonyl (C=O) groups excluding carboxylic acids is 1. The van der Waals surface area contributed by atoms with Gasteiger partial charge in [0.25, 0.3) is 0 Å². The second-order valence-corrected chi connectivity index (χ2v) is 3.81. The molecule has 0 radical (unpaired) electrons. The third kappa shape index (κ3) is 3.62. The molecule has 96 valence electrons. The zero-order valence-electron chi connectivity index (χ0n) is 9.90. The van der Waals surface area contributed by atoms with Crippen molar-refractivity contribution < 1.29 is 9.53 Å². The van der Waals surface area contributed by atoms with Gasteiger partial charge in [-0.15, -0.1) is 0 Å². The topological polar surface area (TPSA) is 88.0 Å². The summed E-state index contributed by atoms with van der Waals surface area (Å²) in [5.74, 6) is 0.0756. The highest BCUT2D eigenvalue weighted by atomic mass is 16.5. The van der Waals surface area contributed by atoms with Crippen molar-refractivity contribution in [3.63, 3.8) is 0 Å². The quantitative estimate of drug-likeness (QED) is 0.587. The smallest absolute Gasteiger partial charge is 0.327 e. The van der Waals surface area contributed by atoms with Crippen LogP contribution in [0.2, 0.25) is 0 Å². The summed E-state index contributed by atoms with van der Waals surface area (Å²) in [5, 5.41) is 3.90. The maximum atomic E-state index is 11.4. The number of aromatic nitrogens is 4. The van der Waals surface area contributed by atoms with Gasteiger partial charge in [-0.25, -0.2) is 4.98 Å². The predicted octanol–water partition coefficient (Wildman–Crippen LogP) is 0.295. The molecule has 2 N–H and O–H groups in total. The highest BCUT2D eigenvalue weighted by Gasteiger charge is 2.04. The van der Waals surface area contributed by atoms with E-state index in [1.807, 2.05) is 10.8 Å². The molecule has 0 saturated carbocycles. The van der Waals surface area contributed by atoms with Crippen LogP contribution in [0.4, 0.5) is 5.82 Å². The lowest BCUT2D eigenvalue weighted by Gasteiger charge is -2.05. The van der Waals surface area contributed by atoms with Gasteiger partial charge in [-0.05, 0) is 12.5 Å². The molecule has 2 heterocycles. The molecule has 0 bridgehead atoms. The van der Waals surface area contributed by atoms with E-state index < -0.39 is 0 Å². The molecule has 0 atom stereocenters. The molecule has 0 spiro atoms. The fourth-order valence-electron chi connectivity index (χ4n) is 1.50. The van der Waals surface area contributed by atoms with E-state index in [4.69, 9.17) is 10.5 Å². The second kappa shape index (κ2) is 5.85. The minimum atomic E-state index is -0.316. The predicted molar refractivity (Wildman–Crippen MR) is 64.4 cm³/mol. The van der Waals surface area contributed by atoms with Crippen LogP contribution >= 0.6 is 0 Å². The molecule has 7 nitrogen and oxygen atoms in total. The molecule has 0 unspecified atom stereocenters. The zero-order valence-corrected chi connectivity index (χ0v) is 9.90. The Bertz CT molecular complexity index is 491. The Labute approximate surface area is 104 Å². The summed E-state index contributed by atoms with van der Waals surface area (Å²) in [6, 6.07) is 1.63. The standard InChI is InChI=1S/C11H15N5O2/c12-10-2-5-16(14-10)8-11(17)18-7-1-4-15-6-3-13-9-15/h2-3,5-6,9H,1,4,7-8H2,(H2,12,14). The van der Waals surface area contributed by atoms with E-state index in [0.717, 1.165) is 13.0 Å². The number of hydrogen-bond donors (Lipinski definition) is 1. The molecule has 2 aromatic heterocycles. The van der Waals surface area contributed by atoms with E-state index in [1.54, 1.807) is 24.8 Å². The fourth-order valence-corrected chi connectivity index (χ4v) is 1.50. The largest absolute Gasteiger partial charge is 0.464 e. The highest BCUT2D eigenvalue weighted by Crippen LogP contribution is 1.97. The summed E-state index contributed by atoms with van der Waals surface area (Å²) < 4.78 is 8.46. The van der Waals surface area contributed by atoms with Crippen molar-refractivity contribution in [1.29, 1.82) is 0 Å². The van der Waals surface area contributed by atoms with Crippen LogP contribution in [0.3, 0.4) is 0 Å². The average molecular weight is 249 g/mol. The number of aryl methyl sites for hydroxylation is 1. The van der Waals surface area contributed by atoms with Crippen LogP contribution in [0.5, 0.6) is 0 Å². The number of anilines is 1. The molecule has 7 heteroatoms. The molecule has 2 aromatic rings. The van der Waals surface area contributed by atoms with Gasteiger partial charge in [-0.3, -0.25) is 9.48 Å². The Hall–Kier alpha value is -2.31. The molecule has 0 aliphatic rings. The van der Waals surface area contributed by atoms with Crippen LogP contribution in [0, 0.1) is 0 Å². The van der Waals surface area contributed by atoms with E-state index in [9.17, 15) is 4.79 Å². The second-order valence-electron chi connectivity index (χ2n) is 3.81. The third-order valence-corrected chi connectivity index (χ3v) is 2.34. The Morgan fingerprint density at radius 3 is 3.00 bits per heavy atom. The van der Waals surface area contributed by atoms with Crippen molar-refractivity contribution in [2.75, 3.05) is 12.3 Å². The van der Waals surface area contributed by atoms with Gasteiger partial charge in [-0.2, -0.15) is 5.10 Å². The van der Waals surface area contributed by atoms with Crippen molar-refractivity contribution in [3.05, 3.63) is 31.0 Å². The number of esters is 1. The Kier molecular flexibility index (Phi) is 3.95. The molecule has 0 amide bonds. The first-order chi connectivity index (χ1) is 8.74. The summed E-state index contributed by atoms with van der Waals surface area (Å²) >= 11 is 0. The van der Waals surface area contributed by atoms with Gasteiger partial charge >= 0.3 is 5.97 Å². The van der Waals surface area contributed by atoms with Gasteiger partial charge in [0.15, 0.2) is 0 Å². The van der Waals surface area contributed by atoms with Gasteiger partial charge in [0.1, 0.15) is 12.4 Å². The zero-order chi connectivity index (χ0) is 12.8. The Morgan fingerprint density at radius 1 is 1.44 bits per heavy atom. The summed E-state index contributed by atoms with van der Waals surface area (Å²) in [5.41, 5.74) is 5.44. The number of imidazole rings is 1. The summed E-state index contributed by atoms with van der Waals surface area (Å²) in [6.07, 6.45) is 7.71. The lowest BCUT2D eigenvalue weighted by atomic mass is 10.4. The van der Waals surface area contributed by atoms with Gasteiger partial charge in [0, 0.05) is 25.1 Å². The van der Waals surface area contributed by atoms with Crippen molar-refractivity contribution >= 4 is 11.8 Å². The van der Waals surface area contributed by atoms with Crippen LogP contribution in [-0.4, -0.2) is 31.9 Å². The SMILES string of the molecule is Nc1ccn(CC(=O)OCCCn2ccnc2)n1. The Morgan fingerprint density at radius 2 is 2.33 bits per heavy atom. The molecule has 2 rings (SSSR count). The number of hydrogen-bond acceptors (Lipinski definition) is 5. The number of nitrogens with two attached hydrogens (primary N) is 1. The minimum Gasteiger partial charge on any atom is -0.464 e. The molecule has 0 saturated heterocycles. The molecule has 18 heavy (non-hydrogen) atoms. The van der Waals surface area contributed by atoms with E-state index in [-0.39, 0.29) is 12.5 Å². The number of rotatable bonds is 6. The first-order valence-corrected chi connectivity index (χ1v) is 5.64. The molecular formula is C11H15N5O2. The van der Waals surface area contributed by atoms with E-state index in [0.29, 0.717) is 12.4 Å². The minimum absolute atomic E-state index is 0.0856. The number of nitrogens with zero attached hydrogens (tertiary/aromatic N) is 4. The molecule has 0 aliphatic heterocycles. The average Bonchev–Trinajstić information content (AvgIpc) is 2.96. The van der Waals surface area contributed by atoms with Gasteiger partial charge in [-0.1, -0.05) is 0 Å². The van der Waals surface area contributed by atoms with E-state index >= 15 is 0 Å².